The van der Waals surface area contributed by atoms with E-state index in [1.54, 1.807) is 11.1 Å². The van der Waals surface area contributed by atoms with Gasteiger partial charge in [-0.25, -0.2) is 0 Å². The number of fused-ring (bicyclic) bond motifs is 2. The fourth-order valence-corrected chi connectivity index (χ4v) is 6.02. The second-order valence-electron chi connectivity index (χ2n) is 8.77. The van der Waals surface area contributed by atoms with Crippen LogP contribution >= 0.6 is 0 Å². The highest BCUT2D eigenvalue weighted by Crippen LogP contribution is 2.48. The van der Waals surface area contributed by atoms with E-state index in [0.29, 0.717) is 0 Å². The molecule has 136 valence electrons. The van der Waals surface area contributed by atoms with Gasteiger partial charge in [-0.15, -0.1) is 6.58 Å². The lowest BCUT2D eigenvalue weighted by Crippen LogP contribution is -2.34. The minimum absolute atomic E-state index is 0.763. The summed E-state index contributed by atoms with van der Waals surface area (Å²) in [5.74, 6) is 5.76. The fraction of sp³-hybridized carbons (Fsp3) is 0.667. The van der Waals surface area contributed by atoms with Crippen LogP contribution in [0, 0.1) is 29.6 Å². The molecule has 3 aliphatic carbocycles. The SMILES string of the molecule is C=C[C@@H]1CC[C@@H]2CC(C3CCc4cc(OCC)ccc4C3)CCC2C1. The van der Waals surface area contributed by atoms with Gasteiger partial charge in [-0.2, -0.15) is 0 Å². The molecule has 3 unspecified atom stereocenters. The first-order chi connectivity index (χ1) is 12.3. The molecule has 3 aliphatic rings. The number of ether oxygens (including phenoxy) is 1. The van der Waals surface area contributed by atoms with Crippen molar-refractivity contribution in [1.29, 1.82) is 0 Å². The van der Waals surface area contributed by atoms with Crippen LogP contribution in [0.4, 0.5) is 0 Å². The Morgan fingerprint density at radius 1 is 0.960 bits per heavy atom. The number of benzene rings is 1. The van der Waals surface area contributed by atoms with E-state index >= 15 is 0 Å². The highest BCUT2D eigenvalue weighted by molar-refractivity contribution is 5.37. The standard InChI is InChI=1S/C24H34O/c1-3-17-5-6-19-14-20(8-7-18(19)13-17)21-9-10-23-16-24(25-4-2)12-11-22(23)15-21/h3,11-12,16-21H,1,4-10,13-15H2,2H3/t17-,18?,19-,20?,21?/m1/s1. The van der Waals surface area contributed by atoms with Crippen LogP contribution in [0.2, 0.25) is 0 Å². The molecule has 2 saturated carbocycles. The van der Waals surface area contributed by atoms with Gasteiger partial charge in [-0.05, 0) is 118 Å². The first-order valence-electron chi connectivity index (χ1n) is 10.6. The molecule has 0 aliphatic heterocycles. The summed E-state index contributed by atoms with van der Waals surface area (Å²) in [6, 6.07) is 6.81. The third kappa shape index (κ3) is 3.66. The third-order valence-corrected chi connectivity index (χ3v) is 7.45. The molecule has 4 rings (SSSR count). The van der Waals surface area contributed by atoms with Gasteiger partial charge >= 0.3 is 0 Å². The first-order valence-corrected chi connectivity index (χ1v) is 10.6. The zero-order valence-electron chi connectivity index (χ0n) is 15.9. The molecule has 0 N–H and O–H groups in total. The number of hydrogen-bond acceptors (Lipinski definition) is 1. The Morgan fingerprint density at radius 2 is 1.72 bits per heavy atom. The van der Waals surface area contributed by atoms with Crippen LogP contribution < -0.4 is 4.74 Å². The summed E-state index contributed by atoms with van der Waals surface area (Å²) in [6.07, 6.45) is 14.9. The quantitative estimate of drug-likeness (QED) is 0.593. The van der Waals surface area contributed by atoms with E-state index in [-0.39, 0.29) is 0 Å². The van der Waals surface area contributed by atoms with E-state index in [0.717, 1.165) is 41.9 Å². The Balaban J connectivity index is 1.38. The van der Waals surface area contributed by atoms with E-state index in [1.165, 1.54) is 57.8 Å². The van der Waals surface area contributed by atoms with Crippen LogP contribution in [0.3, 0.4) is 0 Å². The zero-order valence-corrected chi connectivity index (χ0v) is 15.9. The van der Waals surface area contributed by atoms with Crippen molar-refractivity contribution >= 4 is 0 Å². The molecule has 1 aromatic rings. The average Bonchev–Trinajstić information content (AvgIpc) is 2.67. The number of hydrogen-bond donors (Lipinski definition) is 0. The van der Waals surface area contributed by atoms with Gasteiger partial charge in [0.1, 0.15) is 5.75 Å². The Kier molecular flexibility index (Phi) is 5.20. The van der Waals surface area contributed by atoms with Gasteiger partial charge in [0.15, 0.2) is 0 Å². The van der Waals surface area contributed by atoms with Gasteiger partial charge in [-0.3, -0.25) is 0 Å². The van der Waals surface area contributed by atoms with Crippen LogP contribution in [0.1, 0.15) is 63.0 Å². The lowest BCUT2D eigenvalue weighted by molar-refractivity contribution is 0.0811. The second kappa shape index (κ2) is 7.56. The van der Waals surface area contributed by atoms with Gasteiger partial charge in [0.2, 0.25) is 0 Å². The van der Waals surface area contributed by atoms with Crippen molar-refractivity contribution in [2.75, 3.05) is 6.61 Å². The maximum absolute atomic E-state index is 5.69. The van der Waals surface area contributed by atoms with E-state index < -0.39 is 0 Å². The van der Waals surface area contributed by atoms with Crippen molar-refractivity contribution in [1.82, 2.24) is 0 Å². The molecule has 1 nitrogen and oxygen atoms in total. The predicted octanol–water partition coefficient (Wildman–Crippen LogP) is 6.21. The summed E-state index contributed by atoms with van der Waals surface area (Å²) in [5, 5.41) is 0. The molecule has 0 bridgehead atoms. The van der Waals surface area contributed by atoms with Crippen molar-refractivity contribution in [3.05, 3.63) is 42.0 Å². The molecule has 0 amide bonds. The third-order valence-electron chi connectivity index (χ3n) is 7.45. The first kappa shape index (κ1) is 17.2. The number of aryl methyl sites for hydroxylation is 1. The number of allylic oxidation sites excluding steroid dienone is 1. The van der Waals surface area contributed by atoms with E-state index in [9.17, 15) is 0 Å². The van der Waals surface area contributed by atoms with Gasteiger partial charge in [0.05, 0.1) is 6.61 Å². The Labute approximate surface area is 153 Å². The zero-order chi connectivity index (χ0) is 17.2. The lowest BCUT2D eigenvalue weighted by atomic mass is 9.61. The largest absolute Gasteiger partial charge is 0.494 e. The van der Waals surface area contributed by atoms with Crippen molar-refractivity contribution in [2.24, 2.45) is 29.6 Å². The Morgan fingerprint density at radius 3 is 2.52 bits per heavy atom. The maximum atomic E-state index is 5.69. The summed E-state index contributed by atoms with van der Waals surface area (Å²) in [6.45, 7) is 6.87. The van der Waals surface area contributed by atoms with Crippen LogP contribution in [-0.4, -0.2) is 6.61 Å². The minimum atomic E-state index is 0.763. The Bertz CT molecular complexity index is 604. The van der Waals surface area contributed by atoms with E-state index in [2.05, 4.69) is 37.8 Å². The van der Waals surface area contributed by atoms with E-state index in [4.69, 9.17) is 4.74 Å². The second-order valence-corrected chi connectivity index (χ2v) is 8.77. The molecule has 0 radical (unpaired) electrons. The minimum Gasteiger partial charge on any atom is -0.494 e. The van der Waals surface area contributed by atoms with Crippen LogP contribution in [0.25, 0.3) is 0 Å². The highest BCUT2D eigenvalue weighted by Gasteiger charge is 2.38. The molecular weight excluding hydrogens is 304 g/mol. The summed E-state index contributed by atoms with van der Waals surface area (Å²) < 4.78 is 5.69. The summed E-state index contributed by atoms with van der Waals surface area (Å²) in [5.41, 5.74) is 3.14. The van der Waals surface area contributed by atoms with Crippen LogP contribution in [0.5, 0.6) is 5.75 Å². The molecule has 0 saturated heterocycles. The van der Waals surface area contributed by atoms with Crippen molar-refractivity contribution in [3.8, 4) is 5.75 Å². The molecule has 0 aromatic heterocycles. The molecule has 2 fully saturated rings. The van der Waals surface area contributed by atoms with Crippen molar-refractivity contribution in [2.45, 2.75) is 64.7 Å². The van der Waals surface area contributed by atoms with Gasteiger partial charge in [0, 0.05) is 0 Å². The molecule has 1 heteroatoms. The molecule has 5 atom stereocenters. The lowest BCUT2D eigenvalue weighted by Gasteiger charge is -2.44. The summed E-state index contributed by atoms with van der Waals surface area (Å²) in [4.78, 5) is 0. The highest BCUT2D eigenvalue weighted by atomic mass is 16.5. The molecule has 25 heavy (non-hydrogen) atoms. The summed E-state index contributed by atoms with van der Waals surface area (Å²) in [7, 11) is 0. The summed E-state index contributed by atoms with van der Waals surface area (Å²) >= 11 is 0. The van der Waals surface area contributed by atoms with Crippen molar-refractivity contribution in [3.63, 3.8) is 0 Å². The molecule has 1 aromatic carbocycles. The van der Waals surface area contributed by atoms with Crippen molar-refractivity contribution < 1.29 is 4.74 Å². The average molecular weight is 339 g/mol. The molecule has 0 heterocycles. The van der Waals surface area contributed by atoms with Gasteiger partial charge < -0.3 is 4.74 Å². The van der Waals surface area contributed by atoms with E-state index in [1.807, 2.05) is 0 Å². The van der Waals surface area contributed by atoms with Gasteiger partial charge in [-0.1, -0.05) is 12.1 Å². The predicted molar refractivity (Wildman–Crippen MR) is 105 cm³/mol. The smallest absolute Gasteiger partial charge is 0.119 e. The fourth-order valence-electron chi connectivity index (χ4n) is 6.02. The van der Waals surface area contributed by atoms with Crippen LogP contribution in [-0.2, 0) is 12.8 Å². The van der Waals surface area contributed by atoms with Crippen LogP contribution in [0.15, 0.2) is 30.9 Å². The molecular formula is C24H34O. The number of rotatable bonds is 4. The monoisotopic (exact) mass is 338 g/mol. The maximum Gasteiger partial charge on any atom is 0.119 e. The molecule has 0 spiro atoms. The van der Waals surface area contributed by atoms with Gasteiger partial charge in [0.25, 0.3) is 0 Å². The topological polar surface area (TPSA) is 9.23 Å². The Hall–Kier alpha value is -1.24. The normalized spacial score (nSPS) is 34.7.